The van der Waals surface area contributed by atoms with Crippen LogP contribution in [0.1, 0.15) is 36.9 Å². The zero-order chi connectivity index (χ0) is 16.6. The Labute approximate surface area is 149 Å². The minimum atomic E-state index is 0.707. The minimum Gasteiger partial charge on any atom is -0.355 e. The molecule has 5 nitrogen and oxygen atoms in total. The van der Waals surface area contributed by atoms with Crippen LogP contribution in [0.25, 0.3) is 11.4 Å². The fourth-order valence-electron chi connectivity index (χ4n) is 4.64. The predicted molar refractivity (Wildman–Crippen MR) is 98.7 cm³/mol. The summed E-state index contributed by atoms with van der Waals surface area (Å²) in [4.78, 5) is 19.2. The minimum absolute atomic E-state index is 0.707. The maximum Gasteiger partial charge on any atom is 0.161 e. The lowest BCUT2D eigenvalue weighted by Crippen LogP contribution is -2.35. The van der Waals surface area contributed by atoms with Crippen LogP contribution in [0, 0.1) is 0 Å². The molecule has 2 fully saturated rings. The summed E-state index contributed by atoms with van der Waals surface area (Å²) in [6.45, 7) is 4.81. The number of likely N-dealkylation sites (tertiary alicyclic amines) is 1. The van der Waals surface area contributed by atoms with Crippen LogP contribution in [-0.2, 0) is 12.8 Å². The number of pyridine rings is 1. The average Bonchev–Trinajstić information content (AvgIpc) is 3.41. The van der Waals surface area contributed by atoms with Gasteiger partial charge in [0, 0.05) is 48.3 Å². The zero-order valence-corrected chi connectivity index (χ0v) is 14.7. The lowest BCUT2D eigenvalue weighted by Gasteiger charge is -2.25. The van der Waals surface area contributed by atoms with E-state index in [-0.39, 0.29) is 0 Å². The third-order valence-electron chi connectivity index (χ3n) is 5.97. The normalized spacial score (nSPS) is 23.4. The van der Waals surface area contributed by atoms with Crippen molar-refractivity contribution in [2.24, 2.45) is 0 Å². The number of anilines is 1. The Kier molecular flexibility index (Phi) is 3.89. The van der Waals surface area contributed by atoms with Crippen molar-refractivity contribution >= 4 is 5.82 Å². The van der Waals surface area contributed by atoms with E-state index in [4.69, 9.17) is 9.97 Å². The van der Waals surface area contributed by atoms with E-state index >= 15 is 0 Å². The van der Waals surface area contributed by atoms with Crippen molar-refractivity contribution in [2.45, 2.75) is 44.6 Å². The third-order valence-corrected chi connectivity index (χ3v) is 5.97. The molecule has 0 amide bonds. The molecule has 5 heteroatoms. The molecule has 1 aliphatic carbocycles. The van der Waals surface area contributed by atoms with Gasteiger partial charge in [-0.05, 0) is 63.7 Å². The van der Waals surface area contributed by atoms with E-state index < -0.39 is 0 Å². The zero-order valence-electron chi connectivity index (χ0n) is 14.7. The van der Waals surface area contributed by atoms with E-state index in [9.17, 15) is 0 Å². The van der Waals surface area contributed by atoms with E-state index in [2.05, 4.69) is 14.8 Å². The summed E-state index contributed by atoms with van der Waals surface area (Å²) in [5.74, 6) is 2.07. The van der Waals surface area contributed by atoms with Gasteiger partial charge in [-0.3, -0.25) is 9.88 Å². The molecule has 1 unspecified atom stereocenters. The predicted octanol–water partition coefficient (Wildman–Crippen LogP) is 2.70. The fraction of sp³-hybridized carbons (Fsp3) is 0.550. The smallest absolute Gasteiger partial charge is 0.161 e. The molecular formula is C20H25N5. The molecule has 3 aliphatic rings. The van der Waals surface area contributed by atoms with Gasteiger partial charge in [0.1, 0.15) is 5.82 Å². The molecule has 0 radical (unpaired) electrons. The molecule has 4 heterocycles. The molecule has 2 saturated heterocycles. The van der Waals surface area contributed by atoms with Gasteiger partial charge in [0.05, 0.1) is 0 Å². The van der Waals surface area contributed by atoms with Gasteiger partial charge in [0.15, 0.2) is 5.82 Å². The fourth-order valence-corrected chi connectivity index (χ4v) is 4.64. The molecule has 0 spiro atoms. The summed E-state index contributed by atoms with van der Waals surface area (Å²) >= 11 is 0. The number of aryl methyl sites for hydroxylation is 1. The largest absolute Gasteiger partial charge is 0.355 e. The van der Waals surface area contributed by atoms with Crippen LogP contribution in [0.15, 0.2) is 24.5 Å². The van der Waals surface area contributed by atoms with Crippen LogP contribution < -0.4 is 4.90 Å². The quantitative estimate of drug-likeness (QED) is 0.863. The second-order valence-corrected chi connectivity index (χ2v) is 7.52. The Morgan fingerprint density at radius 1 is 0.920 bits per heavy atom. The van der Waals surface area contributed by atoms with Crippen molar-refractivity contribution in [3.05, 3.63) is 35.8 Å². The second kappa shape index (κ2) is 6.37. The van der Waals surface area contributed by atoms with Crippen molar-refractivity contribution in [2.75, 3.05) is 31.1 Å². The number of aromatic nitrogens is 3. The SMILES string of the molecule is c1cc(-c2nc3c(c(N4CCC(N5CCCC5)C4)n2)CCC3)ccn1. The van der Waals surface area contributed by atoms with Gasteiger partial charge in [0.2, 0.25) is 0 Å². The van der Waals surface area contributed by atoms with Crippen LogP contribution in [0.5, 0.6) is 0 Å². The molecule has 2 aromatic heterocycles. The highest BCUT2D eigenvalue weighted by Gasteiger charge is 2.32. The van der Waals surface area contributed by atoms with Gasteiger partial charge in [-0.25, -0.2) is 9.97 Å². The molecule has 1 atom stereocenters. The van der Waals surface area contributed by atoms with Crippen LogP contribution in [0.2, 0.25) is 0 Å². The average molecular weight is 335 g/mol. The highest BCUT2D eigenvalue weighted by atomic mass is 15.3. The highest BCUT2D eigenvalue weighted by Crippen LogP contribution is 2.34. The van der Waals surface area contributed by atoms with Crippen molar-refractivity contribution in [1.29, 1.82) is 0 Å². The van der Waals surface area contributed by atoms with E-state index in [0.717, 1.165) is 37.3 Å². The van der Waals surface area contributed by atoms with Gasteiger partial charge in [-0.15, -0.1) is 0 Å². The Balaban J connectivity index is 1.47. The summed E-state index contributed by atoms with van der Waals surface area (Å²) in [6.07, 6.45) is 11.1. The number of fused-ring (bicyclic) bond motifs is 1. The molecule has 2 aliphatic heterocycles. The Hall–Kier alpha value is -2.01. The summed E-state index contributed by atoms with van der Waals surface area (Å²) in [6, 6.07) is 4.73. The molecule has 0 bridgehead atoms. The molecule has 0 N–H and O–H groups in total. The molecule has 0 aromatic carbocycles. The summed E-state index contributed by atoms with van der Waals surface area (Å²) in [7, 11) is 0. The van der Waals surface area contributed by atoms with Gasteiger partial charge in [-0.1, -0.05) is 0 Å². The van der Waals surface area contributed by atoms with E-state index in [1.54, 1.807) is 0 Å². The van der Waals surface area contributed by atoms with Gasteiger partial charge in [0.25, 0.3) is 0 Å². The molecule has 130 valence electrons. The lowest BCUT2D eigenvalue weighted by molar-refractivity contribution is 0.260. The Bertz CT molecular complexity index is 754. The summed E-state index contributed by atoms with van der Waals surface area (Å²) < 4.78 is 0. The first-order valence-corrected chi connectivity index (χ1v) is 9.68. The van der Waals surface area contributed by atoms with Crippen molar-refractivity contribution in [1.82, 2.24) is 19.9 Å². The van der Waals surface area contributed by atoms with E-state index in [1.165, 1.54) is 55.8 Å². The van der Waals surface area contributed by atoms with Crippen LogP contribution in [0.3, 0.4) is 0 Å². The number of nitrogens with zero attached hydrogens (tertiary/aromatic N) is 5. The topological polar surface area (TPSA) is 45.2 Å². The Morgan fingerprint density at radius 3 is 2.60 bits per heavy atom. The van der Waals surface area contributed by atoms with Crippen LogP contribution >= 0.6 is 0 Å². The first-order valence-electron chi connectivity index (χ1n) is 9.68. The number of hydrogen-bond acceptors (Lipinski definition) is 5. The molecule has 5 rings (SSSR count). The lowest BCUT2D eigenvalue weighted by atomic mass is 10.2. The summed E-state index contributed by atoms with van der Waals surface area (Å²) in [5, 5.41) is 0. The van der Waals surface area contributed by atoms with Gasteiger partial charge >= 0.3 is 0 Å². The number of hydrogen-bond donors (Lipinski definition) is 0. The standard InChI is InChI=1S/C20H25N5/c1-2-12-24(11-1)16-8-13-25(14-16)20-17-4-3-5-18(17)22-19(23-20)15-6-9-21-10-7-15/h6-7,9-10,16H,1-5,8,11-14H2. The third kappa shape index (κ3) is 2.80. The van der Waals surface area contributed by atoms with Gasteiger partial charge in [-0.2, -0.15) is 0 Å². The molecular weight excluding hydrogens is 310 g/mol. The number of rotatable bonds is 3. The maximum absolute atomic E-state index is 5.03. The van der Waals surface area contributed by atoms with Crippen molar-refractivity contribution in [3.8, 4) is 11.4 Å². The second-order valence-electron chi connectivity index (χ2n) is 7.52. The Morgan fingerprint density at radius 2 is 1.76 bits per heavy atom. The van der Waals surface area contributed by atoms with E-state index in [0.29, 0.717) is 6.04 Å². The summed E-state index contributed by atoms with van der Waals surface area (Å²) in [5.41, 5.74) is 3.74. The molecule has 2 aromatic rings. The maximum atomic E-state index is 5.03. The monoisotopic (exact) mass is 335 g/mol. The van der Waals surface area contributed by atoms with E-state index in [1.807, 2.05) is 24.5 Å². The van der Waals surface area contributed by atoms with Crippen LogP contribution in [-0.4, -0.2) is 52.1 Å². The van der Waals surface area contributed by atoms with Crippen molar-refractivity contribution < 1.29 is 0 Å². The highest BCUT2D eigenvalue weighted by molar-refractivity contribution is 5.61. The van der Waals surface area contributed by atoms with Crippen molar-refractivity contribution in [3.63, 3.8) is 0 Å². The van der Waals surface area contributed by atoms with Gasteiger partial charge < -0.3 is 4.90 Å². The molecule has 0 saturated carbocycles. The first kappa shape index (κ1) is 15.3. The van der Waals surface area contributed by atoms with Crippen LogP contribution in [0.4, 0.5) is 5.82 Å². The first-order chi connectivity index (χ1) is 12.4. The molecule has 25 heavy (non-hydrogen) atoms.